The van der Waals surface area contributed by atoms with Crippen molar-refractivity contribution in [3.8, 4) is 0 Å². The number of carbonyl (C=O) groups excluding carboxylic acids is 2. The number of esters is 1. The fourth-order valence-electron chi connectivity index (χ4n) is 2.82. The quantitative estimate of drug-likeness (QED) is 0.799. The molecule has 0 spiro atoms. The SMILES string of the molecule is CCCOC(=O)c1ccc(NC(=O)N2CCOCC2CC(C)C)cc1. The topological polar surface area (TPSA) is 67.9 Å². The number of morpholine rings is 1. The number of amides is 2. The van der Waals surface area contributed by atoms with E-state index in [-0.39, 0.29) is 18.0 Å². The fourth-order valence-corrected chi connectivity index (χ4v) is 2.82. The Kier molecular flexibility index (Phi) is 7.25. The first-order valence-corrected chi connectivity index (χ1v) is 8.93. The summed E-state index contributed by atoms with van der Waals surface area (Å²) in [5.41, 5.74) is 1.14. The van der Waals surface area contributed by atoms with Gasteiger partial charge in [-0.05, 0) is 43.0 Å². The van der Waals surface area contributed by atoms with E-state index >= 15 is 0 Å². The van der Waals surface area contributed by atoms with Gasteiger partial charge in [0.05, 0.1) is 31.4 Å². The van der Waals surface area contributed by atoms with Crippen molar-refractivity contribution in [2.45, 2.75) is 39.7 Å². The van der Waals surface area contributed by atoms with Gasteiger partial charge in [0, 0.05) is 12.2 Å². The maximum Gasteiger partial charge on any atom is 0.338 e. The minimum absolute atomic E-state index is 0.0945. The van der Waals surface area contributed by atoms with Crippen molar-refractivity contribution in [1.29, 1.82) is 0 Å². The minimum Gasteiger partial charge on any atom is -0.462 e. The molecule has 0 aliphatic carbocycles. The van der Waals surface area contributed by atoms with E-state index in [0.29, 0.717) is 43.5 Å². The van der Waals surface area contributed by atoms with Crippen LogP contribution in [0.15, 0.2) is 24.3 Å². The molecule has 1 aromatic carbocycles. The second-order valence-corrected chi connectivity index (χ2v) is 6.70. The monoisotopic (exact) mass is 348 g/mol. The first-order valence-electron chi connectivity index (χ1n) is 8.93. The molecule has 0 radical (unpaired) electrons. The number of benzene rings is 1. The lowest BCUT2D eigenvalue weighted by atomic mass is 10.0. The highest BCUT2D eigenvalue weighted by Gasteiger charge is 2.27. The lowest BCUT2D eigenvalue weighted by Gasteiger charge is -2.36. The molecule has 1 heterocycles. The average Bonchev–Trinajstić information content (AvgIpc) is 2.60. The summed E-state index contributed by atoms with van der Waals surface area (Å²) in [6, 6.07) is 6.74. The van der Waals surface area contributed by atoms with Crippen molar-refractivity contribution < 1.29 is 19.1 Å². The molecule has 1 aliphatic rings. The Morgan fingerprint density at radius 1 is 1.32 bits per heavy atom. The highest BCUT2D eigenvalue weighted by Crippen LogP contribution is 2.18. The van der Waals surface area contributed by atoms with Gasteiger partial charge in [0.2, 0.25) is 0 Å². The van der Waals surface area contributed by atoms with Crippen molar-refractivity contribution in [1.82, 2.24) is 4.90 Å². The second-order valence-electron chi connectivity index (χ2n) is 6.70. The standard InChI is InChI=1S/C19H28N2O4/c1-4-10-25-18(22)15-5-7-16(8-6-15)20-19(23)21-9-11-24-13-17(21)12-14(2)3/h5-8,14,17H,4,9-13H2,1-3H3,(H,20,23). The molecule has 0 bridgehead atoms. The Hall–Kier alpha value is -2.08. The molecule has 25 heavy (non-hydrogen) atoms. The smallest absolute Gasteiger partial charge is 0.338 e. The molecule has 2 amide bonds. The molecular formula is C19H28N2O4. The number of rotatable bonds is 6. The highest BCUT2D eigenvalue weighted by molar-refractivity contribution is 5.92. The van der Waals surface area contributed by atoms with Crippen molar-refractivity contribution in [2.24, 2.45) is 5.92 Å². The Morgan fingerprint density at radius 2 is 2.04 bits per heavy atom. The summed E-state index contributed by atoms with van der Waals surface area (Å²) >= 11 is 0. The van der Waals surface area contributed by atoms with Crippen LogP contribution in [0.2, 0.25) is 0 Å². The van der Waals surface area contributed by atoms with Gasteiger partial charge >= 0.3 is 12.0 Å². The van der Waals surface area contributed by atoms with Gasteiger partial charge in [0.1, 0.15) is 0 Å². The largest absolute Gasteiger partial charge is 0.462 e. The van der Waals surface area contributed by atoms with Gasteiger partial charge in [0.15, 0.2) is 0 Å². The molecule has 138 valence electrons. The van der Waals surface area contributed by atoms with Crippen LogP contribution in [0, 0.1) is 5.92 Å². The minimum atomic E-state index is -0.343. The van der Waals surface area contributed by atoms with Gasteiger partial charge in [-0.15, -0.1) is 0 Å². The maximum atomic E-state index is 12.6. The molecule has 1 atom stereocenters. The molecule has 1 saturated heterocycles. The van der Waals surface area contributed by atoms with Crippen molar-refractivity contribution >= 4 is 17.7 Å². The van der Waals surface area contributed by atoms with E-state index < -0.39 is 0 Å². The Labute approximate surface area is 149 Å². The normalized spacial score (nSPS) is 17.4. The molecular weight excluding hydrogens is 320 g/mol. The molecule has 1 unspecified atom stereocenters. The van der Waals surface area contributed by atoms with Crippen LogP contribution in [0.25, 0.3) is 0 Å². The van der Waals surface area contributed by atoms with Crippen LogP contribution in [-0.4, -0.2) is 49.3 Å². The van der Waals surface area contributed by atoms with E-state index in [1.165, 1.54) is 0 Å². The molecule has 6 heteroatoms. The zero-order valence-electron chi connectivity index (χ0n) is 15.3. The van der Waals surface area contributed by atoms with E-state index in [1.807, 2.05) is 11.8 Å². The van der Waals surface area contributed by atoms with Gasteiger partial charge in [-0.2, -0.15) is 0 Å². The van der Waals surface area contributed by atoms with Gasteiger partial charge in [-0.3, -0.25) is 0 Å². The van der Waals surface area contributed by atoms with Crippen molar-refractivity contribution in [3.63, 3.8) is 0 Å². The van der Waals surface area contributed by atoms with Gasteiger partial charge in [0.25, 0.3) is 0 Å². The molecule has 1 fully saturated rings. The lowest BCUT2D eigenvalue weighted by molar-refractivity contribution is 0.00857. The number of nitrogens with one attached hydrogen (secondary N) is 1. The van der Waals surface area contributed by atoms with Gasteiger partial charge < -0.3 is 19.7 Å². The van der Waals surface area contributed by atoms with Crippen molar-refractivity contribution in [2.75, 3.05) is 31.7 Å². The Bertz CT molecular complexity index is 571. The summed E-state index contributed by atoms with van der Waals surface area (Å²) < 4.78 is 10.6. The number of hydrogen-bond acceptors (Lipinski definition) is 4. The fraction of sp³-hybridized carbons (Fsp3) is 0.579. The van der Waals surface area contributed by atoms with Crippen LogP contribution in [0.1, 0.15) is 44.0 Å². The third kappa shape index (κ3) is 5.74. The van der Waals surface area contributed by atoms with Crippen molar-refractivity contribution in [3.05, 3.63) is 29.8 Å². The summed E-state index contributed by atoms with van der Waals surface area (Å²) in [4.78, 5) is 26.2. The highest BCUT2D eigenvalue weighted by atomic mass is 16.5. The third-order valence-electron chi connectivity index (χ3n) is 4.04. The van der Waals surface area contributed by atoms with Crippen LogP contribution < -0.4 is 5.32 Å². The van der Waals surface area contributed by atoms with Gasteiger partial charge in [-0.25, -0.2) is 9.59 Å². The van der Waals surface area contributed by atoms with Gasteiger partial charge in [-0.1, -0.05) is 20.8 Å². The maximum absolute atomic E-state index is 12.6. The van der Waals surface area contributed by atoms with Crippen LogP contribution in [-0.2, 0) is 9.47 Å². The number of ether oxygens (including phenoxy) is 2. The Morgan fingerprint density at radius 3 is 2.68 bits per heavy atom. The van der Waals surface area contributed by atoms with E-state index in [4.69, 9.17) is 9.47 Å². The molecule has 1 aliphatic heterocycles. The summed E-state index contributed by atoms with van der Waals surface area (Å²) in [5.74, 6) is 0.153. The van der Waals surface area contributed by atoms with E-state index in [9.17, 15) is 9.59 Å². The average molecular weight is 348 g/mol. The molecule has 1 N–H and O–H groups in total. The lowest BCUT2D eigenvalue weighted by Crippen LogP contribution is -2.50. The molecule has 0 aromatic heterocycles. The number of carbonyl (C=O) groups is 2. The van der Waals surface area contributed by atoms with Crippen LogP contribution in [0.5, 0.6) is 0 Å². The Balaban J connectivity index is 1.96. The molecule has 1 aromatic rings. The zero-order chi connectivity index (χ0) is 18.2. The number of hydrogen-bond donors (Lipinski definition) is 1. The van der Waals surface area contributed by atoms with E-state index in [2.05, 4.69) is 19.2 Å². The predicted octanol–water partition coefficient (Wildman–Crippen LogP) is 3.53. The zero-order valence-corrected chi connectivity index (χ0v) is 15.3. The number of urea groups is 1. The molecule has 2 rings (SSSR count). The van der Waals surface area contributed by atoms with E-state index in [1.54, 1.807) is 24.3 Å². The van der Waals surface area contributed by atoms with E-state index in [0.717, 1.165) is 12.8 Å². The summed E-state index contributed by atoms with van der Waals surface area (Å²) in [5, 5.41) is 2.90. The molecule has 0 saturated carbocycles. The van der Waals surface area contributed by atoms with Crippen LogP contribution in [0.3, 0.4) is 0 Å². The summed E-state index contributed by atoms with van der Waals surface area (Å²) in [7, 11) is 0. The summed E-state index contributed by atoms with van der Waals surface area (Å²) in [6.45, 7) is 8.36. The van der Waals surface area contributed by atoms with Crippen LogP contribution >= 0.6 is 0 Å². The number of nitrogens with zero attached hydrogens (tertiary/aromatic N) is 1. The predicted molar refractivity (Wildman–Crippen MR) is 96.8 cm³/mol. The first-order chi connectivity index (χ1) is 12.0. The first kappa shape index (κ1) is 19.2. The second kappa shape index (κ2) is 9.42. The summed E-state index contributed by atoms with van der Waals surface area (Å²) in [6.07, 6.45) is 1.70. The molecule has 6 nitrogen and oxygen atoms in total. The third-order valence-corrected chi connectivity index (χ3v) is 4.04. The number of anilines is 1. The van der Waals surface area contributed by atoms with Crippen LogP contribution in [0.4, 0.5) is 10.5 Å².